The lowest BCUT2D eigenvalue weighted by atomic mass is 9.85. The highest BCUT2D eigenvalue weighted by Gasteiger charge is 2.40. The van der Waals surface area contributed by atoms with Crippen molar-refractivity contribution in [3.63, 3.8) is 0 Å². The Hall–Kier alpha value is -1.55. The van der Waals surface area contributed by atoms with Gasteiger partial charge in [0, 0.05) is 19.1 Å². The minimum atomic E-state index is 0.00644. The number of aromatic hydroxyl groups is 1. The Morgan fingerprint density at radius 2 is 2.09 bits per heavy atom. The van der Waals surface area contributed by atoms with Crippen molar-refractivity contribution in [2.75, 3.05) is 6.54 Å². The van der Waals surface area contributed by atoms with Crippen LogP contribution in [0.15, 0.2) is 18.2 Å². The van der Waals surface area contributed by atoms with Gasteiger partial charge in [0.05, 0.1) is 6.04 Å². The predicted molar refractivity (Wildman–Crippen MR) is 84.5 cm³/mol. The zero-order valence-corrected chi connectivity index (χ0v) is 12.9. The molecule has 2 heterocycles. The summed E-state index contributed by atoms with van der Waals surface area (Å²) in [6.07, 6.45) is 7.02. The van der Waals surface area contributed by atoms with Gasteiger partial charge in [-0.3, -0.25) is 4.79 Å². The van der Waals surface area contributed by atoms with Crippen molar-refractivity contribution < 1.29 is 9.90 Å². The Morgan fingerprint density at radius 3 is 2.95 bits per heavy atom. The molecule has 1 aliphatic carbocycles. The molecule has 4 heteroatoms. The lowest BCUT2D eigenvalue weighted by molar-refractivity contribution is -0.134. The first-order chi connectivity index (χ1) is 10.7. The molecule has 2 N–H and O–H groups in total. The van der Waals surface area contributed by atoms with Crippen LogP contribution in [-0.4, -0.2) is 34.5 Å². The van der Waals surface area contributed by atoms with E-state index in [1.807, 2.05) is 11.0 Å². The van der Waals surface area contributed by atoms with Gasteiger partial charge in [-0.1, -0.05) is 18.9 Å². The van der Waals surface area contributed by atoms with Crippen LogP contribution in [0.3, 0.4) is 0 Å². The molecule has 1 saturated carbocycles. The average molecular weight is 300 g/mol. The first-order valence-electron chi connectivity index (χ1n) is 8.56. The molecule has 0 radical (unpaired) electrons. The van der Waals surface area contributed by atoms with E-state index in [0.29, 0.717) is 18.5 Å². The lowest BCUT2D eigenvalue weighted by Gasteiger charge is -2.31. The van der Waals surface area contributed by atoms with E-state index in [1.165, 1.54) is 31.2 Å². The van der Waals surface area contributed by atoms with Crippen molar-refractivity contribution >= 4 is 5.91 Å². The number of nitrogens with one attached hydrogen (secondary N) is 1. The quantitative estimate of drug-likeness (QED) is 0.836. The Balaban J connectivity index is 1.45. The van der Waals surface area contributed by atoms with Gasteiger partial charge >= 0.3 is 0 Å². The van der Waals surface area contributed by atoms with Crippen LogP contribution in [0, 0.1) is 5.92 Å². The van der Waals surface area contributed by atoms with Gasteiger partial charge in [0.2, 0.25) is 5.91 Å². The molecule has 1 aromatic rings. The van der Waals surface area contributed by atoms with Crippen LogP contribution < -0.4 is 5.32 Å². The number of fused-ring (bicyclic) bond motifs is 2. The summed E-state index contributed by atoms with van der Waals surface area (Å²) in [6.45, 7) is 1.43. The number of phenols is 1. The third-order valence-electron chi connectivity index (χ3n) is 5.67. The van der Waals surface area contributed by atoms with E-state index < -0.39 is 0 Å². The molecule has 3 aliphatic rings. The van der Waals surface area contributed by atoms with Crippen molar-refractivity contribution in [3.05, 3.63) is 29.3 Å². The number of amides is 1. The van der Waals surface area contributed by atoms with Gasteiger partial charge < -0.3 is 15.3 Å². The molecule has 3 atom stereocenters. The maximum Gasteiger partial charge on any atom is 0.240 e. The first kappa shape index (κ1) is 14.1. The minimum Gasteiger partial charge on any atom is -0.508 e. The molecule has 4 nitrogen and oxygen atoms in total. The van der Waals surface area contributed by atoms with Crippen LogP contribution >= 0.6 is 0 Å². The number of phenolic OH excluding ortho intramolecular Hbond substituents is 1. The molecule has 2 fully saturated rings. The van der Waals surface area contributed by atoms with Crippen LogP contribution in [-0.2, 0) is 17.8 Å². The zero-order valence-electron chi connectivity index (χ0n) is 12.9. The standard InChI is InChI=1S/C18H24N2O2/c21-15-6-5-12-7-8-20(11-14(12)9-15)18(22)17-10-13-3-1-2-4-16(13)19-17/h5-6,9,13,16-17,19,21H,1-4,7-8,10-11H2. The zero-order chi connectivity index (χ0) is 15.1. The second-order valence-corrected chi connectivity index (χ2v) is 7.07. The summed E-state index contributed by atoms with van der Waals surface area (Å²) >= 11 is 0. The molecule has 0 spiro atoms. The molecule has 1 amide bonds. The highest BCUT2D eigenvalue weighted by molar-refractivity contribution is 5.82. The normalized spacial score (nSPS) is 30.7. The Kier molecular flexibility index (Phi) is 3.57. The van der Waals surface area contributed by atoms with Gasteiger partial charge in [0.1, 0.15) is 5.75 Å². The Labute approximate surface area is 131 Å². The highest BCUT2D eigenvalue weighted by Crippen LogP contribution is 2.34. The molecule has 22 heavy (non-hydrogen) atoms. The number of carbonyl (C=O) groups is 1. The Bertz CT molecular complexity index is 572. The first-order valence-corrected chi connectivity index (χ1v) is 8.56. The van der Waals surface area contributed by atoms with Crippen molar-refractivity contribution in [1.29, 1.82) is 0 Å². The molecule has 0 aromatic heterocycles. The van der Waals surface area contributed by atoms with Crippen LogP contribution in [0.2, 0.25) is 0 Å². The van der Waals surface area contributed by atoms with E-state index in [1.54, 1.807) is 12.1 Å². The molecule has 0 bridgehead atoms. The molecule has 3 unspecified atom stereocenters. The molecule has 1 aromatic carbocycles. The summed E-state index contributed by atoms with van der Waals surface area (Å²) in [5.74, 6) is 1.24. The fourth-order valence-corrected chi connectivity index (χ4v) is 4.46. The van der Waals surface area contributed by atoms with E-state index in [9.17, 15) is 9.90 Å². The van der Waals surface area contributed by atoms with Crippen LogP contribution in [0.4, 0.5) is 0 Å². The second kappa shape index (κ2) is 5.58. The number of hydrogen-bond donors (Lipinski definition) is 2. The summed E-state index contributed by atoms with van der Waals surface area (Å²) in [7, 11) is 0. The van der Waals surface area contributed by atoms with Crippen LogP contribution in [0.1, 0.15) is 43.2 Å². The number of benzene rings is 1. The van der Waals surface area contributed by atoms with Crippen molar-refractivity contribution in [2.24, 2.45) is 5.92 Å². The van der Waals surface area contributed by atoms with Crippen LogP contribution in [0.5, 0.6) is 5.75 Å². The van der Waals surface area contributed by atoms with Gasteiger partial charge in [-0.05, 0) is 54.9 Å². The SMILES string of the molecule is O=C(C1CC2CCCCC2N1)N1CCc2ccc(O)cc2C1. The number of nitrogens with zero attached hydrogens (tertiary/aromatic N) is 1. The molecule has 4 rings (SSSR count). The van der Waals surface area contributed by atoms with Crippen molar-refractivity contribution in [1.82, 2.24) is 10.2 Å². The summed E-state index contributed by atoms with van der Waals surface area (Å²) in [5.41, 5.74) is 2.35. The maximum atomic E-state index is 12.8. The van der Waals surface area contributed by atoms with Gasteiger partial charge in [0.25, 0.3) is 0 Å². The van der Waals surface area contributed by atoms with E-state index in [4.69, 9.17) is 0 Å². The van der Waals surface area contributed by atoms with E-state index >= 15 is 0 Å². The molecular weight excluding hydrogens is 276 g/mol. The molecule has 118 valence electrons. The lowest BCUT2D eigenvalue weighted by Crippen LogP contribution is -2.47. The monoisotopic (exact) mass is 300 g/mol. The predicted octanol–water partition coefficient (Wildman–Crippen LogP) is 2.20. The summed E-state index contributed by atoms with van der Waals surface area (Å²) < 4.78 is 0. The fraction of sp³-hybridized carbons (Fsp3) is 0.611. The fourth-order valence-electron chi connectivity index (χ4n) is 4.46. The third kappa shape index (κ3) is 2.50. The highest BCUT2D eigenvalue weighted by atomic mass is 16.3. The van der Waals surface area contributed by atoms with Gasteiger partial charge in [-0.15, -0.1) is 0 Å². The van der Waals surface area contributed by atoms with Crippen molar-refractivity contribution in [3.8, 4) is 5.75 Å². The second-order valence-electron chi connectivity index (χ2n) is 7.07. The molecule has 2 aliphatic heterocycles. The average Bonchev–Trinajstić information content (AvgIpc) is 2.97. The largest absolute Gasteiger partial charge is 0.508 e. The van der Waals surface area contributed by atoms with Crippen molar-refractivity contribution in [2.45, 2.75) is 57.2 Å². The summed E-state index contributed by atoms with van der Waals surface area (Å²) in [6, 6.07) is 6.08. The molecule has 1 saturated heterocycles. The van der Waals surface area contributed by atoms with Gasteiger partial charge in [-0.2, -0.15) is 0 Å². The summed E-state index contributed by atoms with van der Waals surface area (Å²) in [5, 5.41) is 13.2. The maximum absolute atomic E-state index is 12.8. The van der Waals surface area contributed by atoms with Gasteiger partial charge in [-0.25, -0.2) is 0 Å². The van der Waals surface area contributed by atoms with E-state index in [2.05, 4.69) is 5.32 Å². The van der Waals surface area contributed by atoms with Gasteiger partial charge in [0.15, 0.2) is 0 Å². The third-order valence-corrected chi connectivity index (χ3v) is 5.67. The Morgan fingerprint density at radius 1 is 1.23 bits per heavy atom. The number of rotatable bonds is 1. The van der Waals surface area contributed by atoms with E-state index in [-0.39, 0.29) is 17.7 Å². The topological polar surface area (TPSA) is 52.6 Å². The minimum absolute atomic E-state index is 0.00644. The summed E-state index contributed by atoms with van der Waals surface area (Å²) in [4.78, 5) is 14.8. The van der Waals surface area contributed by atoms with E-state index in [0.717, 1.165) is 24.9 Å². The number of carbonyl (C=O) groups excluding carboxylic acids is 1. The smallest absolute Gasteiger partial charge is 0.240 e. The van der Waals surface area contributed by atoms with Crippen LogP contribution in [0.25, 0.3) is 0 Å². The number of hydrogen-bond acceptors (Lipinski definition) is 3. The molecular formula is C18H24N2O2.